The Morgan fingerprint density at radius 3 is 2.65 bits per heavy atom. The molecule has 5 N–H and O–H groups in total. The molecule has 2 rings (SSSR count). The van der Waals surface area contributed by atoms with Gasteiger partial charge >= 0.3 is 0 Å². The molecule has 7 nitrogen and oxygen atoms in total. The van der Waals surface area contributed by atoms with Gasteiger partial charge in [0.2, 0.25) is 0 Å². The van der Waals surface area contributed by atoms with Gasteiger partial charge in [0, 0.05) is 12.2 Å². The van der Waals surface area contributed by atoms with Crippen molar-refractivity contribution < 1.29 is 9.36 Å². The molecule has 0 aromatic heterocycles. The van der Waals surface area contributed by atoms with Gasteiger partial charge in [-0.1, -0.05) is 0 Å². The summed E-state index contributed by atoms with van der Waals surface area (Å²) in [5, 5.41) is 11.2. The first-order valence-corrected chi connectivity index (χ1v) is 6.79. The van der Waals surface area contributed by atoms with Crippen LogP contribution in [0.3, 0.4) is 0 Å². The van der Waals surface area contributed by atoms with Gasteiger partial charge in [-0.3, -0.25) is 14.4 Å². The second kappa shape index (κ2) is 5.55. The van der Waals surface area contributed by atoms with E-state index in [0.29, 0.717) is 24.2 Å². The van der Waals surface area contributed by atoms with Crippen LogP contribution in [0.1, 0.15) is 12.0 Å². The minimum atomic E-state index is -1.58. The number of nitrogens with two attached hydrogens (primary N) is 2. The third-order valence-corrected chi connectivity index (χ3v) is 4.10. The number of nitriles is 1. The molecule has 0 radical (unpaired) electrons. The molecule has 1 aliphatic rings. The van der Waals surface area contributed by atoms with Gasteiger partial charge in [-0.25, -0.2) is 5.84 Å². The van der Waals surface area contributed by atoms with E-state index in [9.17, 15) is 9.36 Å². The summed E-state index contributed by atoms with van der Waals surface area (Å²) in [5.74, 6) is 4.96. The second-order valence-electron chi connectivity index (χ2n) is 4.59. The van der Waals surface area contributed by atoms with Gasteiger partial charge in [0.1, 0.15) is 0 Å². The summed E-state index contributed by atoms with van der Waals surface area (Å²) >= 11 is 0. The Morgan fingerprint density at radius 1 is 1.45 bits per heavy atom. The quantitative estimate of drug-likeness (QED) is 0.420. The van der Waals surface area contributed by atoms with Gasteiger partial charge in [-0.2, -0.15) is 5.26 Å². The topological polar surface area (TPSA) is 125 Å². The van der Waals surface area contributed by atoms with Crippen molar-refractivity contribution in [3.05, 3.63) is 29.8 Å². The van der Waals surface area contributed by atoms with Crippen LogP contribution in [0.25, 0.3) is 0 Å². The maximum Gasteiger partial charge on any atom is 0.270 e. The monoisotopic (exact) mass is 291 g/mol. The molecule has 1 amide bonds. The number of benzene rings is 1. The standard InChI is InChI=1S/C12H14N5O2P/c13-7-8-1-3-9(4-2-8)16-10-5-6-17(15)11(18)12(10,14)20-19/h1-4,10,16H,5-6,14-15H2/t10?,12-/m0/s1. The van der Waals surface area contributed by atoms with Crippen molar-refractivity contribution in [1.82, 2.24) is 5.01 Å². The largest absolute Gasteiger partial charge is 0.379 e. The molecule has 0 bridgehead atoms. The summed E-state index contributed by atoms with van der Waals surface area (Å²) < 4.78 is 11.3. The fourth-order valence-electron chi connectivity index (χ4n) is 2.10. The third-order valence-electron chi connectivity index (χ3n) is 3.30. The van der Waals surface area contributed by atoms with Gasteiger partial charge < -0.3 is 11.1 Å². The third kappa shape index (κ3) is 2.49. The summed E-state index contributed by atoms with van der Waals surface area (Å²) in [6.45, 7) is 0.335. The van der Waals surface area contributed by atoms with Crippen LogP contribution in [-0.2, 0) is 9.36 Å². The van der Waals surface area contributed by atoms with Gasteiger partial charge in [-0.15, -0.1) is 0 Å². The predicted molar refractivity (Wildman–Crippen MR) is 73.6 cm³/mol. The van der Waals surface area contributed by atoms with E-state index >= 15 is 0 Å². The number of nitrogens with one attached hydrogen (secondary N) is 1. The number of hydrogen-bond donors (Lipinski definition) is 3. The lowest BCUT2D eigenvalue weighted by molar-refractivity contribution is -0.137. The number of hydrazine groups is 1. The normalized spacial score (nSPS) is 26.4. The number of piperidine rings is 1. The SMILES string of the molecule is N#Cc1ccc(NC2CCN(N)C(=O)[C@@]2(N)P=O)cc1. The fraction of sp³-hybridized carbons (Fsp3) is 0.333. The summed E-state index contributed by atoms with van der Waals surface area (Å²) in [7, 11) is -0.483. The first kappa shape index (κ1) is 14.4. The van der Waals surface area contributed by atoms with Crippen LogP contribution in [0.15, 0.2) is 24.3 Å². The zero-order chi connectivity index (χ0) is 14.8. The fourth-order valence-corrected chi connectivity index (χ4v) is 2.62. The minimum Gasteiger partial charge on any atom is -0.379 e. The number of carbonyl (C=O) groups is 1. The molecule has 1 aromatic carbocycles. The molecule has 1 aromatic rings. The lowest BCUT2D eigenvalue weighted by atomic mass is 9.99. The Bertz CT molecular complexity index is 570. The van der Waals surface area contributed by atoms with Crippen molar-refractivity contribution in [1.29, 1.82) is 5.26 Å². The Balaban J connectivity index is 2.20. The van der Waals surface area contributed by atoms with Crippen molar-refractivity contribution in [3.63, 3.8) is 0 Å². The number of rotatable bonds is 3. The van der Waals surface area contributed by atoms with E-state index in [1.165, 1.54) is 0 Å². The van der Waals surface area contributed by atoms with E-state index in [4.69, 9.17) is 16.8 Å². The molecule has 2 atom stereocenters. The maximum atomic E-state index is 12.0. The molecule has 0 spiro atoms. The van der Waals surface area contributed by atoms with E-state index in [1.807, 2.05) is 6.07 Å². The summed E-state index contributed by atoms with van der Waals surface area (Å²) in [5.41, 5.74) is 7.16. The Kier molecular flexibility index (Phi) is 4.00. The summed E-state index contributed by atoms with van der Waals surface area (Å²) in [6.07, 6.45) is 0.480. The lowest BCUT2D eigenvalue weighted by Gasteiger charge is -2.39. The molecule has 1 heterocycles. The molecule has 20 heavy (non-hydrogen) atoms. The van der Waals surface area contributed by atoms with E-state index in [2.05, 4.69) is 5.32 Å². The molecule has 0 aliphatic carbocycles. The maximum absolute atomic E-state index is 12.0. The first-order chi connectivity index (χ1) is 9.51. The Labute approximate surface area is 117 Å². The molecule has 1 aliphatic heterocycles. The molecular formula is C12H14N5O2P. The zero-order valence-corrected chi connectivity index (χ0v) is 11.5. The van der Waals surface area contributed by atoms with Gasteiger partial charge in [0.05, 0.1) is 17.7 Å². The van der Waals surface area contributed by atoms with Crippen LogP contribution in [0.2, 0.25) is 0 Å². The number of anilines is 1. The van der Waals surface area contributed by atoms with Crippen molar-refractivity contribution in [2.24, 2.45) is 11.6 Å². The van der Waals surface area contributed by atoms with Crippen LogP contribution >= 0.6 is 8.46 Å². The van der Waals surface area contributed by atoms with Crippen LogP contribution in [0.5, 0.6) is 0 Å². The average Bonchev–Trinajstić information content (AvgIpc) is 2.48. The average molecular weight is 291 g/mol. The first-order valence-electron chi connectivity index (χ1n) is 5.98. The molecule has 104 valence electrons. The molecule has 1 unspecified atom stereocenters. The van der Waals surface area contributed by atoms with Crippen LogP contribution in [0.4, 0.5) is 5.69 Å². The van der Waals surface area contributed by atoms with Crippen molar-refractivity contribution in [2.45, 2.75) is 17.7 Å². The van der Waals surface area contributed by atoms with Crippen LogP contribution < -0.4 is 16.9 Å². The molecule has 8 heteroatoms. The predicted octanol–water partition coefficient (Wildman–Crippen LogP) is 0.391. The van der Waals surface area contributed by atoms with E-state index in [0.717, 1.165) is 5.01 Å². The number of nitrogens with zero attached hydrogens (tertiary/aromatic N) is 2. The van der Waals surface area contributed by atoms with E-state index < -0.39 is 25.7 Å². The highest BCUT2D eigenvalue weighted by atomic mass is 31.1. The van der Waals surface area contributed by atoms with Gasteiger partial charge in [0.25, 0.3) is 5.91 Å². The highest BCUT2D eigenvalue weighted by Crippen LogP contribution is 2.31. The second-order valence-corrected chi connectivity index (χ2v) is 5.51. The van der Waals surface area contributed by atoms with Crippen LogP contribution in [0, 0.1) is 11.3 Å². The molecule has 1 saturated heterocycles. The summed E-state index contributed by atoms with van der Waals surface area (Å²) in [4.78, 5) is 12.0. The number of hydrogen-bond acceptors (Lipinski definition) is 6. The van der Waals surface area contributed by atoms with Gasteiger partial charge in [-0.05, 0) is 30.7 Å². The minimum absolute atomic E-state index is 0.335. The van der Waals surface area contributed by atoms with E-state index in [-0.39, 0.29) is 0 Å². The Morgan fingerprint density at radius 2 is 2.10 bits per heavy atom. The van der Waals surface area contributed by atoms with Crippen molar-refractivity contribution in [2.75, 3.05) is 11.9 Å². The van der Waals surface area contributed by atoms with E-state index in [1.54, 1.807) is 24.3 Å². The zero-order valence-electron chi connectivity index (χ0n) is 10.6. The van der Waals surface area contributed by atoms with Crippen molar-refractivity contribution >= 4 is 20.1 Å². The lowest BCUT2D eigenvalue weighted by Crippen LogP contribution is -2.66. The van der Waals surface area contributed by atoms with Gasteiger partial charge in [0.15, 0.2) is 13.7 Å². The smallest absolute Gasteiger partial charge is 0.270 e. The van der Waals surface area contributed by atoms with Crippen molar-refractivity contribution in [3.8, 4) is 6.07 Å². The summed E-state index contributed by atoms with van der Waals surface area (Å²) in [6, 6.07) is 8.23. The highest BCUT2D eigenvalue weighted by molar-refractivity contribution is 7.27. The number of carbonyl (C=O) groups excluding carboxylic acids is 1. The highest BCUT2D eigenvalue weighted by Gasteiger charge is 2.48. The molecule has 0 saturated carbocycles. The van der Waals surface area contributed by atoms with Crippen LogP contribution in [-0.4, -0.2) is 28.8 Å². The molecule has 1 fully saturated rings. The Hall–Kier alpha value is -2.00. The number of amides is 1. The molecular weight excluding hydrogens is 277 g/mol.